The van der Waals surface area contributed by atoms with Crippen molar-refractivity contribution in [2.24, 2.45) is 5.73 Å². The van der Waals surface area contributed by atoms with Crippen LogP contribution in [-0.2, 0) is 16.9 Å². The summed E-state index contributed by atoms with van der Waals surface area (Å²) in [6.07, 6.45) is -5.08. The summed E-state index contributed by atoms with van der Waals surface area (Å²) in [5.41, 5.74) is 7.80. The van der Waals surface area contributed by atoms with E-state index in [-0.39, 0.29) is 5.91 Å². The van der Waals surface area contributed by atoms with Gasteiger partial charge in [-0.15, -0.1) is 0 Å². The summed E-state index contributed by atoms with van der Waals surface area (Å²) < 4.78 is 31.7. The Hall–Kier alpha value is -2.44. The molecule has 0 aliphatic carbocycles. The van der Waals surface area contributed by atoms with Gasteiger partial charge in [-0.1, -0.05) is 0 Å². The Labute approximate surface area is 176 Å². The largest absolute Gasteiger partial charge is 0.490 e. The number of carbonyl (C=O) groups is 2. The number of nitrogens with one attached hydrogen (secondary N) is 1. The molecule has 0 unspecified atom stereocenters. The first-order valence-electron chi connectivity index (χ1n) is 8.81. The quantitative estimate of drug-likeness (QED) is 0.598. The number of aromatic amines is 1. The molecule has 0 aliphatic rings. The predicted octanol–water partition coefficient (Wildman–Crippen LogP) is 2.50. The number of nitrogens with two attached hydrogens (primary N) is 1. The fraction of sp³-hybridized carbons (Fsp3) is 0.500. The van der Waals surface area contributed by atoms with Crippen molar-refractivity contribution < 1.29 is 27.9 Å². The first kappa shape index (κ1) is 25.6. The zero-order chi connectivity index (χ0) is 23.1. The summed E-state index contributed by atoms with van der Waals surface area (Å²) in [6, 6.07) is 3.79. The number of rotatable bonds is 7. The molecule has 0 saturated heterocycles. The van der Waals surface area contributed by atoms with E-state index in [2.05, 4.69) is 20.5 Å². The van der Waals surface area contributed by atoms with E-state index in [1.54, 1.807) is 17.4 Å². The van der Waals surface area contributed by atoms with E-state index in [4.69, 9.17) is 15.6 Å². The van der Waals surface area contributed by atoms with E-state index in [1.807, 2.05) is 44.3 Å². The van der Waals surface area contributed by atoms with Crippen molar-refractivity contribution >= 4 is 23.2 Å². The number of aliphatic carboxylic acids is 1. The number of nitrogens with zero attached hydrogens (tertiary/aromatic N) is 3. The third-order valence-electron chi connectivity index (χ3n) is 3.79. The standard InChI is InChI=1S/C16H25N5OS.C2HF3O2/c1-16(2,17)14-9-13(18-19-14)15(22)21(7-6-20(3)4)10-12-5-8-23-11-12;3-2(4,5)1(6)7/h5,8-9,11H,6-7,10,17H2,1-4H3,(H,18,19);(H,6,7). The Morgan fingerprint density at radius 1 is 1.27 bits per heavy atom. The van der Waals surface area contributed by atoms with E-state index in [0.717, 1.165) is 17.8 Å². The van der Waals surface area contributed by atoms with Crippen molar-refractivity contribution in [3.63, 3.8) is 0 Å². The zero-order valence-electron chi connectivity index (χ0n) is 17.2. The molecule has 0 fully saturated rings. The molecular formula is C18H26F3N5O3S. The van der Waals surface area contributed by atoms with Gasteiger partial charge in [-0.3, -0.25) is 9.89 Å². The minimum atomic E-state index is -5.08. The fourth-order valence-electron chi connectivity index (χ4n) is 2.10. The summed E-state index contributed by atoms with van der Waals surface area (Å²) >= 11 is 1.63. The molecule has 8 nitrogen and oxygen atoms in total. The van der Waals surface area contributed by atoms with E-state index in [9.17, 15) is 18.0 Å². The molecule has 12 heteroatoms. The van der Waals surface area contributed by atoms with Gasteiger partial charge in [0.25, 0.3) is 5.91 Å². The molecule has 1 amide bonds. The average Bonchev–Trinajstić information content (AvgIpc) is 3.28. The van der Waals surface area contributed by atoms with Crippen molar-refractivity contribution in [1.29, 1.82) is 0 Å². The van der Waals surface area contributed by atoms with E-state index >= 15 is 0 Å². The first-order chi connectivity index (χ1) is 13.7. The maximum atomic E-state index is 12.8. The molecule has 2 heterocycles. The van der Waals surface area contributed by atoms with Crippen LogP contribution in [0.5, 0.6) is 0 Å². The highest BCUT2D eigenvalue weighted by Gasteiger charge is 2.38. The molecule has 0 atom stereocenters. The van der Waals surface area contributed by atoms with Crippen molar-refractivity contribution in [2.75, 3.05) is 27.2 Å². The van der Waals surface area contributed by atoms with Crippen LogP contribution in [0.2, 0.25) is 0 Å². The van der Waals surface area contributed by atoms with Gasteiger partial charge in [-0.2, -0.15) is 29.6 Å². The van der Waals surface area contributed by atoms with Gasteiger partial charge in [-0.05, 0) is 56.4 Å². The summed E-state index contributed by atoms with van der Waals surface area (Å²) in [7, 11) is 3.99. The SMILES string of the molecule is CN(C)CCN(Cc1ccsc1)C(=O)c1cc(C(C)(C)N)[nH]n1.O=C(O)C(F)(F)F. The molecule has 2 rings (SSSR count). The van der Waals surface area contributed by atoms with E-state index < -0.39 is 17.7 Å². The fourth-order valence-corrected chi connectivity index (χ4v) is 2.76. The van der Waals surface area contributed by atoms with E-state index in [1.165, 1.54) is 0 Å². The van der Waals surface area contributed by atoms with Gasteiger partial charge in [0.15, 0.2) is 0 Å². The number of H-pyrrole nitrogens is 1. The molecular weight excluding hydrogens is 423 g/mol. The maximum absolute atomic E-state index is 12.8. The number of thiophene rings is 1. The number of carboxylic acid groups (broad SMARTS) is 1. The van der Waals surface area contributed by atoms with Crippen molar-refractivity contribution in [1.82, 2.24) is 20.0 Å². The second-order valence-corrected chi connectivity index (χ2v) is 8.13. The van der Waals surface area contributed by atoms with Crippen LogP contribution >= 0.6 is 11.3 Å². The molecule has 0 radical (unpaired) electrons. The number of hydrogen-bond acceptors (Lipinski definition) is 6. The summed E-state index contributed by atoms with van der Waals surface area (Å²) in [4.78, 5) is 25.6. The highest BCUT2D eigenvalue weighted by Crippen LogP contribution is 2.17. The maximum Gasteiger partial charge on any atom is 0.490 e. The molecule has 0 saturated carbocycles. The number of alkyl halides is 3. The molecule has 0 aliphatic heterocycles. The number of likely N-dealkylation sites (N-methyl/N-ethyl adjacent to an activating group) is 1. The number of aromatic nitrogens is 2. The van der Waals surface area contributed by atoms with Crippen molar-refractivity contribution in [3.05, 3.63) is 39.8 Å². The molecule has 0 spiro atoms. The predicted molar refractivity (Wildman–Crippen MR) is 107 cm³/mol. The van der Waals surface area contributed by atoms with Gasteiger partial charge in [0.1, 0.15) is 5.69 Å². The van der Waals surface area contributed by atoms with Crippen molar-refractivity contribution in [3.8, 4) is 0 Å². The normalized spacial score (nSPS) is 11.8. The Bertz CT molecular complexity index is 814. The Morgan fingerprint density at radius 3 is 2.27 bits per heavy atom. The highest BCUT2D eigenvalue weighted by atomic mass is 32.1. The highest BCUT2D eigenvalue weighted by molar-refractivity contribution is 7.07. The molecule has 168 valence electrons. The van der Waals surface area contributed by atoms with Crippen LogP contribution in [0.3, 0.4) is 0 Å². The number of halogens is 3. The topological polar surface area (TPSA) is 116 Å². The lowest BCUT2D eigenvalue weighted by molar-refractivity contribution is -0.192. The molecule has 0 bridgehead atoms. The minimum absolute atomic E-state index is 0.0789. The second kappa shape index (κ2) is 10.5. The van der Waals surface area contributed by atoms with Crippen LogP contribution in [0.4, 0.5) is 13.2 Å². The van der Waals surface area contributed by atoms with Crippen LogP contribution in [0, 0.1) is 0 Å². The Balaban J connectivity index is 0.000000553. The molecule has 2 aromatic heterocycles. The van der Waals surface area contributed by atoms with Gasteiger partial charge < -0.3 is 20.6 Å². The molecule has 2 aromatic rings. The number of hydrogen-bond donors (Lipinski definition) is 3. The van der Waals surface area contributed by atoms with Crippen LogP contribution in [0.15, 0.2) is 22.9 Å². The van der Waals surface area contributed by atoms with Crippen LogP contribution in [0.25, 0.3) is 0 Å². The number of amides is 1. The van der Waals surface area contributed by atoms with Gasteiger partial charge in [0.05, 0.1) is 11.2 Å². The molecule has 0 aromatic carbocycles. The van der Waals surface area contributed by atoms with Gasteiger partial charge in [0.2, 0.25) is 0 Å². The smallest absolute Gasteiger partial charge is 0.475 e. The summed E-state index contributed by atoms with van der Waals surface area (Å²) in [5, 5.41) is 18.2. The summed E-state index contributed by atoms with van der Waals surface area (Å²) in [5.74, 6) is -2.84. The first-order valence-corrected chi connectivity index (χ1v) is 9.76. The van der Waals surface area contributed by atoms with Crippen LogP contribution in [0.1, 0.15) is 35.6 Å². The number of carboxylic acids is 1. The lowest BCUT2D eigenvalue weighted by Gasteiger charge is -2.23. The number of carbonyl (C=O) groups excluding carboxylic acids is 1. The minimum Gasteiger partial charge on any atom is -0.475 e. The van der Waals surface area contributed by atoms with E-state index in [0.29, 0.717) is 18.8 Å². The van der Waals surface area contributed by atoms with Crippen molar-refractivity contribution in [2.45, 2.75) is 32.1 Å². The lowest BCUT2D eigenvalue weighted by atomic mass is 10.0. The third-order valence-corrected chi connectivity index (χ3v) is 4.52. The zero-order valence-corrected chi connectivity index (χ0v) is 18.0. The Morgan fingerprint density at radius 2 is 1.87 bits per heavy atom. The molecule has 30 heavy (non-hydrogen) atoms. The van der Waals surface area contributed by atoms with Gasteiger partial charge in [-0.25, -0.2) is 4.79 Å². The lowest BCUT2D eigenvalue weighted by Crippen LogP contribution is -2.36. The Kier molecular flexibility index (Phi) is 9.00. The van der Waals surface area contributed by atoms with Crippen LogP contribution < -0.4 is 5.73 Å². The summed E-state index contributed by atoms with van der Waals surface area (Å²) in [6.45, 7) is 5.80. The van der Waals surface area contributed by atoms with Gasteiger partial charge >= 0.3 is 12.1 Å². The monoisotopic (exact) mass is 449 g/mol. The molecule has 4 N–H and O–H groups in total. The van der Waals surface area contributed by atoms with Gasteiger partial charge in [0, 0.05) is 19.6 Å². The average molecular weight is 449 g/mol. The third kappa shape index (κ3) is 8.51. The van der Waals surface area contributed by atoms with Crippen LogP contribution in [-0.4, -0.2) is 70.3 Å². The second-order valence-electron chi connectivity index (χ2n) is 7.35.